The smallest absolute Gasteiger partial charge is 0.323 e. The van der Waals surface area contributed by atoms with E-state index in [0.29, 0.717) is 27.7 Å². The summed E-state index contributed by atoms with van der Waals surface area (Å²) in [5, 5.41) is 11.1. The van der Waals surface area contributed by atoms with Crippen LogP contribution >= 0.6 is 0 Å². The Bertz CT molecular complexity index is 1270. The summed E-state index contributed by atoms with van der Waals surface area (Å²) in [4.78, 5) is 11.6. The first-order chi connectivity index (χ1) is 13.2. The highest BCUT2D eigenvalue weighted by Gasteiger charge is 2.32. The Kier molecular flexibility index (Phi) is 4.15. The van der Waals surface area contributed by atoms with Gasteiger partial charge in [0.25, 0.3) is 0 Å². The van der Waals surface area contributed by atoms with Gasteiger partial charge in [-0.05, 0) is 47.9 Å². The topological polar surface area (TPSA) is 76.4 Å². The van der Waals surface area contributed by atoms with Crippen LogP contribution in [0, 0.1) is 12.7 Å². The molecule has 1 aliphatic rings. The highest BCUT2D eigenvalue weighted by Crippen LogP contribution is 2.44. The number of aliphatic carboxylic acids is 1. The van der Waals surface area contributed by atoms with Crippen LogP contribution in [0.25, 0.3) is 16.5 Å². The van der Waals surface area contributed by atoms with E-state index in [2.05, 4.69) is 0 Å². The van der Waals surface area contributed by atoms with E-state index in [9.17, 15) is 22.7 Å². The molecule has 4 rings (SSSR count). The average Bonchev–Trinajstić information content (AvgIpc) is 3.06. The summed E-state index contributed by atoms with van der Waals surface area (Å²) in [6.07, 6.45) is 0. The van der Waals surface area contributed by atoms with Gasteiger partial charge in [0, 0.05) is 27.9 Å². The highest BCUT2D eigenvalue weighted by molar-refractivity contribution is 7.95. The van der Waals surface area contributed by atoms with Crippen molar-refractivity contribution < 1.29 is 22.7 Å². The fourth-order valence-electron chi connectivity index (χ4n) is 4.10. The third-order valence-electron chi connectivity index (χ3n) is 5.31. The molecule has 0 spiro atoms. The molecule has 1 aliphatic heterocycles. The summed E-state index contributed by atoms with van der Waals surface area (Å²) >= 11 is 0. The quantitative estimate of drug-likeness (QED) is 0.716. The summed E-state index contributed by atoms with van der Waals surface area (Å²) < 4.78 is 40.7. The van der Waals surface area contributed by atoms with E-state index in [1.807, 2.05) is 6.92 Å². The molecule has 0 radical (unpaired) electrons. The van der Waals surface area contributed by atoms with Crippen molar-refractivity contribution in [2.24, 2.45) is 0 Å². The van der Waals surface area contributed by atoms with E-state index < -0.39 is 21.6 Å². The molecule has 2 aromatic carbocycles. The maximum Gasteiger partial charge on any atom is 0.323 e. The first-order valence-electron chi connectivity index (χ1n) is 8.77. The molecule has 3 aromatic rings. The van der Waals surface area contributed by atoms with E-state index in [1.165, 1.54) is 17.5 Å². The molecule has 0 amide bonds. The maximum atomic E-state index is 14.0. The van der Waals surface area contributed by atoms with Crippen LogP contribution in [0.1, 0.15) is 29.7 Å². The van der Waals surface area contributed by atoms with Gasteiger partial charge in [0.05, 0.1) is 4.90 Å². The van der Waals surface area contributed by atoms with Gasteiger partial charge >= 0.3 is 5.97 Å². The lowest BCUT2D eigenvalue weighted by atomic mass is 9.87. The number of nitrogens with zero attached hydrogens (tertiary/aromatic N) is 1. The van der Waals surface area contributed by atoms with E-state index in [1.54, 1.807) is 41.8 Å². The lowest BCUT2D eigenvalue weighted by molar-refractivity contribution is -0.137. The number of carbonyl (C=O) groups is 1. The monoisotopic (exact) mass is 399 g/mol. The number of carboxylic acids is 1. The molecular formula is C21H18FNO4S. The number of aromatic nitrogens is 1. The van der Waals surface area contributed by atoms with Crippen LogP contribution in [0.3, 0.4) is 0 Å². The zero-order valence-corrected chi connectivity index (χ0v) is 16.1. The van der Waals surface area contributed by atoms with Crippen molar-refractivity contribution in [3.05, 3.63) is 70.5 Å². The normalized spacial score (nSPS) is 16.0. The number of hydrogen-bond acceptors (Lipinski definition) is 3. The average molecular weight is 399 g/mol. The molecule has 28 heavy (non-hydrogen) atoms. The second kappa shape index (κ2) is 6.31. The number of halogens is 1. The molecule has 5 nitrogen and oxygen atoms in total. The van der Waals surface area contributed by atoms with Crippen molar-refractivity contribution in [1.82, 2.24) is 4.57 Å². The van der Waals surface area contributed by atoms with Gasteiger partial charge in [0.1, 0.15) is 12.4 Å². The minimum Gasteiger partial charge on any atom is -0.480 e. The van der Waals surface area contributed by atoms with Crippen molar-refractivity contribution in [2.75, 3.05) is 0 Å². The van der Waals surface area contributed by atoms with Gasteiger partial charge in [-0.2, -0.15) is 0 Å². The highest BCUT2D eigenvalue weighted by atomic mass is 32.2. The first kappa shape index (κ1) is 18.4. The molecule has 1 aromatic heterocycles. The number of benzene rings is 2. The summed E-state index contributed by atoms with van der Waals surface area (Å²) in [7, 11) is -3.53. The fourth-order valence-corrected chi connectivity index (χ4v) is 5.66. The lowest BCUT2D eigenvalue weighted by Gasteiger charge is -2.15. The van der Waals surface area contributed by atoms with Gasteiger partial charge in [-0.1, -0.05) is 25.1 Å². The Labute approximate surface area is 161 Å². The van der Waals surface area contributed by atoms with Gasteiger partial charge in [-0.25, -0.2) is 12.8 Å². The molecule has 0 saturated heterocycles. The number of carboxylic acid groups (broad SMARTS) is 1. The number of fused-ring (bicyclic) bond motifs is 2. The van der Waals surface area contributed by atoms with Crippen molar-refractivity contribution in [1.29, 1.82) is 0 Å². The largest absolute Gasteiger partial charge is 0.480 e. The standard InChI is InChI=1S/C21H18FNO4S/c1-12(17-11-28(26,27)19-6-4-3-5-15(17)19)21-13(2)23(10-20(24)25)18-8-7-14(22)9-16(18)21/h3-9,11-12H,10H2,1-2H3,(H,24,25). The number of hydrogen-bond donors (Lipinski definition) is 1. The van der Waals surface area contributed by atoms with Gasteiger partial charge in [0.15, 0.2) is 0 Å². The van der Waals surface area contributed by atoms with Gasteiger partial charge < -0.3 is 9.67 Å². The predicted octanol–water partition coefficient (Wildman–Crippen LogP) is 4.11. The van der Waals surface area contributed by atoms with Crippen LogP contribution in [0.5, 0.6) is 0 Å². The zero-order chi connectivity index (χ0) is 20.2. The Morgan fingerprint density at radius 1 is 1.21 bits per heavy atom. The molecule has 7 heteroatoms. The molecule has 144 valence electrons. The molecule has 0 fully saturated rings. The summed E-state index contributed by atoms with van der Waals surface area (Å²) in [6, 6.07) is 11.0. The van der Waals surface area contributed by atoms with Crippen molar-refractivity contribution in [3.8, 4) is 0 Å². The number of sulfone groups is 1. The molecule has 1 atom stereocenters. The van der Waals surface area contributed by atoms with E-state index >= 15 is 0 Å². The Balaban J connectivity index is 1.96. The Morgan fingerprint density at radius 2 is 1.93 bits per heavy atom. The third kappa shape index (κ3) is 2.74. The van der Waals surface area contributed by atoms with Crippen LogP contribution in [0.2, 0.25) is 0 Å². The maximum absolute atomic E-state index is 14.0. The predicted molar refractivity (Wildman–Crippen MR) is 104 cm³/mol. The second-order valence-electron chi connectivity index (χ2n) is 6.98. The minimum atomic E-state index is -3.53. The number of rotatable bonds is 4. The SMILES string of the molecule is Cc1c(C(C)C2=CS(=O)(=O)c3ccccc32)c2cc(F)ccc2n1CC(=O)O. The Hall–Kier alpha value is -2.93. The van der Waals surface area contributed by atoms with Crippen LogP contribution in [0.4, 0.5) is 4.39 Å². The summed E-state index contributed by atoms with van der Waals surface area (Å²) in [6.45, 7) is 3.39. The van der Waals surface area contributed by atoms with E-state index in [4.69, 9.17) is 0 Å². The van der Waals surface area contributed by atoms with Crippen LogP contribution in [0.15, 0.2) is 52.8 Å². The van der Waals surface area contributed by atoms with Crippen LogP contribution in [-0.4, -0.2) is 24.1 Å². The zero-order valence-electron chi connectivity index (χ0n) is 15.3. The minimum absolute atomic E-state index is 0.255. The van der Waals surface area contributed by atoms with E-state index in [-0.39, 0.29) is 17.4 Å². The Morgan fingerprint density at radius 3 is 2.64 bits per heavy atom. The van der Waals surface area contributed by atoms with Gasteiger partial charge in [-0.15, -0.1) is 0 Å². The second-order valence-corrected chi connectivity index (χ2v) is 8.74. The number of allylic oxidation sites excluding steroid dienone is 1. The fraction of sp³-hybridized carbons (Fsp3) is 0.190. The molecule has 0 bridgehead atoms. The van der Waals surface area contributed by atoms with Crippen molar-refractivity contribution >= 4 is 32.3 Å². The molecular weight excluding hydrogens is 381 g/mol. The van der Waals surface area contributed by atoms with Gasteiger partial charge in [-0.3, -0.25) is 4.79 Å². The van der Waals surface area contributed by atoms with Crippen LogP contribution in [-0.2, 0) is 21.2 Å². The van der Waals surface area contributed by atoms with E-state index in [0.717, 1.165) is 5.56 Å². The van der Waals surface area contributed by atoms with Crippen LogP contribution < -0.4 is 0 Å². The summed E-state index contributed by atoms with van der Waals surface area (Å²) in [5.41, 5.74) is 3.27. The molecule has 2 heterocycles. The molecule has 0 aliphatic carbocycles. The molecule has 1 unspecified atom stereocenters. The third-order valence-corrected chi connectivity index (χ3v) is 6.85. The summed E-state index contributed by atoms with van der Waals surface area (Å²) in [5.74, 6) is -1.80. The molecule has 0 saturated carbocycles. The van der Waals surface area contributed by atoms with Crippen molar-refractivity contribution in [2.45, 2.75) is 31.2 Å². The van der Waals surface area contributed by atoms with Crippen molar-refractivity contribution in [3.63, 3.8) is 0 Å². The first-order valence-corrected chi connectivity index (χ1v) is 10.3. The van der Waals surface area contributed by atoms with Gasteiger partial charge in [0.2, 0.25) is 9.84 Å². The molecule has 1 N–H and O–H groups in total. The lowest BCUT2D eigenvalue weighted by Crippen LogP contribution is -2.10.